The molecule has 6 heteroatoms. The number of fused-ring (bicyclic) bond motifs is 1. The molecule has 2 N–H and O–H groups in total. The number of aromatic nitrogens is 3. The molecule has 1 aromatic carbocycles. The molecule has 23 heavy (non-hydrogen) atoms. The van der Waals surface area contributed by atoms with Gasteiger partial charge in [0, 0.05) is 50.2 Å². The van der Waals surface area contributed by atoms with Crippen LogP contribution in [-0.2, 0) is 11.3 Å². The number of carbonyl (C=O) groups excluding carboxylic acids is 1. The zero-order chi connectivity index (χ0) is 15.9. The Morgan fingerprint density at radius 1 is 1.04 bits per heavy atom. The van der Waals surface area contributed by atoms with Gasteiger partial charge in [0.2, 0.25) is 11.9 Å². The summed E-state index contributed by atoms with van der Waals surface area (Å²) in [4.78, 5) is 19.9. The van der Waals surface area contributed by atoms with Crippen molar-refractivity contribution in [2.45, 2.75) is 13.0 Å². The van der Waals surface area contributed by atoms with Crippen molar-refractivity contribution in [2.75, 3.05) is 18.4 Å². The zero-order valence-corrected chi connectivity index (χ0v) is 12.8. The number of hydrogen-bond donors (Lipinski definition) is 2. The van der Waals surface area contributed by atoms with Crippen LogP contribution in [0.4, 0.5) is 5.95 Å². The fourth-order valence-corrected chi connectivity index (χ4v) is 2.42. The van der Waals surface area contributed by atoms with E-state index in [0.29, 0.717) is 25.5 Å². The summed E-state index contributed by atoms with van der Waals surface area (Å²) in [6.07, 6.45) is 5.77. The minimum Gasteiger partial charge on any atom is -0.354 e. The number of nitrogens with zero attached hydrogens (tertiary/aromatic N) is 3. The second-order valence-electron chi connectivity index (χ2n) is 5.17. The highest BCUT2D eigenvalue weighted by molar-refractivity contribution is 5.80. The van der Waals surface area contributed by atoms with E-state index in [1.807, 2.05) is 18.3 Å². The van der Waals surface area contributed by atoms with E-state index in [-0.39, 0.29) is 5.91 Å². The summed E-state index contributed by atoms with van der Waals surface area (Å²) in [6, 6.07) is 12.1. The van der Waals surface area contributed by atoms with Gasteiger partial charge < -0.3 is 15.2 Å². The van der Waals surface area contributed by atoms with Gasteiger partial charge in [0.1, 0.15) is 0 Å². The highest BCUT2D eigenvalue weighted by Crippen LogP contribution is 2.14. The molecule has 0 aliphatic carbocycles. The van der Waals surface area contributed by atoms with Gasteiger partial charge in [-0.3, -0.25) is 4.79 Å². The van der Waals surface area contributed by atoms with Gasteiger partial charge in [0.05, 0.1) is 0 Å². The average Bonchev–Trinajstić information content (AvgIpc) is 2.99. The van der Waals surface area contributed by atoms with Crippen LogP contribution in [-0.4, -0.2) is 33.5 Å². The average molecular weight is 309 g/mol. The Morgan fingerprint density at radius 2 is 1.87 bits per heavy atom. The molecule has 0 saturated heterocycles. The summed E-state index contributed by atoms with van der Waals surface area (Å²) in [7, 11) is 0. The summed E-state index contributed by atoms with van der Waals surface area (Å²) < 4.78 is 2.14. The second kappa shape index (κ2) is 7.40. The molecule has 0 fully saturated rings. The van der Waals surface area contributed by atoms with E-state index in [9.17, 15) is 4.79 Å². The molecule has 0 spiro atoms. The summed E-state index contributed by atoms with van der Waals surface area (Å²) >= 11 is 0. The molecule has 0 bridgehead atoms. The fourth-order valence-electron chi connectivity index (χ4n) is 2.42. The maximum Gasteiger partial charge on any atom is 0.222 e. The number of rotatable bonds is 7. The number of nitrogens with one attached hydrogen (secondary N) is 2. The summed E-state index contributed by atoms with van der Waals surface area (Å²) in [5, 5.41) is 7.16. The Hall–Kier alpha value is -2.89. The van der Waals surface area contributed by atoms with Crippen molar-refractivity contribution in [1.29, 1.82) is 0 Å². The van der Waals surface area contributed by atoms with Crippen LogP contribution in [0, 0.1) is 0 Å². The summed E-state index contributed by atoms with van der Waals surface area (Å²) in [6.45, 7) is 1.89. The lowest BCUT2D eigenvalue weighted by Crippen LogP contribution is -2.28. The number of anilines is 1. The number of amides is 1. The van der Waals surface area contributed by atoms with Crippen LogP contribution in [0.5, 0.6) is 0 Å². The quantitative estimate of drug-likeness (QED) is 0.700. The monoisotopic (exact) mass is 309 g/mol. The molecular formula is C17H19N5O. The van der Waals surface area contributed by atoms with Gasteiger partial charge in [-0.1, -0.05) is 18.2 Å². The van der Waals surface area contributed by atoms with Gasteiger partial charge in [0.25, 0.3) is 0 Å². The minimum absolute atomic E-state index is 0.0184. The van der Waals surface area contributed by atoms with E-state index in [2.05, 4.69) is 43.4 Å². The Balaban J connectivity index is 1.39. The molecule has 0 radical (unpaired) electrons. The SMILES string of the molecule is O=C(CCNc1ncccn1)NCCn1ccc2ccccc21. The number of para-hydroxylation sites is 1. The first-order chi connectivity index (χ1) is 11.3. The van der Waals surface area contributed by atoms with Gasteiger partial charge in [-0.15, -0.1) is 0 Å². The Kier molecular flexibility index (Phi) is 4.83. The number of benzene rings is 1. The number of hydrogen-bond acceptors (Lipinski definition) is 4. The molecule has 6 nitrogen and oxygen atoms in total. The highest BCUT2D eigenvalue weighted by atomic mass is 16.1. The van der Waals surface area contributed by atoms with Gasteiger partial charge >= 0.3 is 0 Å². The fraction of sp³-hybridized carbons (Fsp3) is 0.235. The van der Waals surface area contributed by atoms with Gasteiger partial charge in [-0.25, -0.2) is 9.97 Å². The zero-order valence-electron chi connectivity index (χ0n) is 12.8. The molecule has 2 aromatic heterocycles. The first-order valence-electron chi connectivity index (χ1n) is 7.64. The van der Waals surface area contributed by atoms with Crippen LogP contribution in [0.2, 0.25) is 0 Å². The Labute approximate surface area is 134 Å². The predicted molar refractivity (Wildman–Crippen MR) is 90.1 cm³/mol. The lowest BCUT2D eigenvalue weighted by Gasteiger charge is -2.08. The highest BCUT2D eigenvalue weighted by Gasteiger charge is 2.03. The predicted octanol–water partition coefficient (Wildman–Crippen LogP) is 2.05. The largest absolute Gasteiger partial charge is 0.354 e. The molecule has 0 aliphatic heterocycles. The molecular weight excluding hydrogens is 290 g/mol. The van der Waals surface area contributed by atoms with Gasteiger partial charge in [0.15, 0.2) is 0 Å². The molecule has 1 amide bonds. The van der Waals surface area contributed by atoms with Crippen molar-refractivity contribution >= 4 is 22.8 Å². The molecule has 0 atom stereocenters. The lowest BCUT2D eigenvalue weighted by molar-refractivity contribution is -0.120. The molecule has 2 heterocycles. The van der Waals surface area contributed by atoms with Crippen molar-refractivity contribution in [3.63, 3.8) is 0 Å². The van der Waals surface area contributed by atoms with Crippen molar-refractivity contribution in [1.82, 2.24) is 19.9 Å². The van der Waals surface area contributed by atoms with Gasteiger partial charge in [-0.05, 0) is 23.6 Å². The third-order valence-corrected chi connectivity index (χ3v) is 3.56. The first-order valence-corrected chi connectivity index (χ1v) is 7.64. The van der Waals surface area contributed by atoms with Crippen molar-refractivity contribution in [2.24, 2.45) is 0 Å². The van der Waals surface area contributed by atoms with E-state index < -0.39 is 0 Å². The molecule has 0 unspecified atom stereocenters. The second-order valence-corrected chi connectivity index (χ2v) is 5.17. The minimum atomic E-state index is 0.0184. The molecule has 0 aliphatic rings. The third-order valence-electron chi connectivity index (χ3n) is 3.56. The van der Waals surface area contributed by atoms with Crippen LogP contribution in [0.15, 0.2) is 55.0 Å². The standard InChI is InChI=1S/C17H19N5O/c23-16(6-10-21-17-19-8-3-9-20-17)18-11-13-22-12-7-14-4-1-2-5-15(14)22/h1-5,7-9,12H,6,10-11,13H2,(H,18,23)(H,19,20,21). The van der Waals surface area contributed by atoms with Crippen LogP contribution in [0.3, 0.4) is 0 Å². The van der Waals surface area contributed by atoms with E-state index in [4.69, 9.17) is 0 Å². The van der Waals surface area contributed by atoms with Crippen molar-refractivity contribution in [3.05, 3.63) is 55.0 Å². The van der Waals surface area contributed by atoms with Crippen molar-refractivity contribution < 1.29 is 4.79 Å². The topological polar surface area (TPSA) is 71.8 Å². The summed E-state index contributed by atoms with van der Waals surface area (Å²) in [5.74, 6) is 0.559. The normalized spacial score (nSPS) is 10.6. The van der Waals surface area contributed by atoms with Crippen molar-refractivity contribution in [3.8, 4) is 0 Å². The molecule has 0 saturated carbocycles. The summed E-state index contributed by atoms with van der Waals surface area (Å²) in [5.41, 5.74) is 1.18. The molecule has 3 rings (SSSR count). The van der Waals surface area contributed by atoms with Crippen LogP contribution < -0.4 is 10.6 Å². The van der Waals surface area contributed by atoms with Gasteiger partial charge in [-0.2, -0.15) is 0 Å². The molecule has 3 aromatic rings. The van der Waals surface area contributed by atoms with E-state index in [1.54, 1.807) is 18.5 Å². The van der Waals surface area contributed by atoms with E-state index in [0.717, 1.165) is 6.54 Å². The Bertz CT molecular complexity index is 769. The first kappa shape index (κ1) is 15.0. The third kappa shape index (κ3) is 4.06. The van der Waals surface area contributed by atoms with Crippen LogP contribution in [0.25, 0.3) is 10.9 Å². The maximum absolute atomic E-state index is 11.8. The van der Waals surface area contributed by atoms with Crippen LogP contribution in [0.1, 0.15) is 6.42 Å². The lowest BCUT2D eigenvalue weighted by atomic mass is 10.2. The Morgan fingerprint density at radius 3 is 2.74 bits per heavy atom. The maximum atomic E-state index is 11.8. The van der Waals surface area contributed by atoms with E-state index in [1.165, 1.54) is 10.9 Å². The molecule has 118 valence electrons. The van der Waals surface area contributed by atoms with Crippen LogP contribution >= 0.6 is 0 Å². The smallest absolute Gasteiger partial charge is 0.222 e. The van der Waals surface area contributed by atoms with E-state index >= 15 is 0 Å². The number of carbonyl (C=O) groups is 1.